The zero-order valence-electron chi connectivity index (χ0n) is 18.2. The fourth-order valence-corrected chi connectivity index (χ4v) is 3.42. The Morgan fingerprint density at radius 1 is 0.704 bits per heavy atom. The summed E-state index contributed by atoms with van der Waals surface area (Å²) in [7, 11) is 0. The van der Waals surface area contributed by atoms with E-state index in [0.29, 0.717) is 12.1 Å². The van der Waals surface area contributed by atoms with Gasteiger partial charge in [0.25, 0.3) is 0 Å². The van der Waals surface area contributed by atoms with Gasteiger partial charge in [-0.1, -0.05) is 116 Å². The van der Waals surface area contributed by atoms with Crippen LogP contribution in [-0.4, -0.2) is 19.1 Å². The van der Waals surface area contributed by atoms with E-state index < -0.39 is 0 Å². The highest BCUT2D eigenvalue weighted by molar-refractivity contribution is 5.87. The minimum absolute atomic E-state index is 0.281. The van der Waals surface area contributed by atoms with Crippen molar-refractivity contribution in [2.24, 2.45) is 5.73 Å². The minimum atomic E-state index is -0.281. The van der Waals surface area contributed by atoms with Crippen LogP contribution in [0.5, 0.6) is 0 Å². The summed E-state index contributed by atoms with van der Waals surface area (Å²) in [5.74, 6) is -0.281. The van der Waals surface area contributed by atoms with E-state index in [4.69, 9.17) is 10.5 Å². The Kier molecular flexibility index (Phi) is 20.8. The number of carbonyl (C=O) groups is 1. The quantitative estimate of drug-likeness (QED) is 0.131. The summed E-state index contributed by atoms with van der Waals surface area (Å²) in [6.07, 6.45) is 24.0. The first-order valence-electron chi connectivity index (χ1n) is 11.8. The zero-order valence-corrected chi connectivity index (χ0v) is 18.2. The van der Waals surface area contributed by atoms with Crippen molar-refractivity contribution in [3.05, 3.63) is 12.2 Å². The number of rotatable bonds is 21. The van der Waals surface area contributed by atoms with Crippen molar-refractivity contribution < 1.29 is 9.53 Å². The molecule has 0 saturated carbocycles. The predicted molar refractivity (Wildman–Crippen MR) is 118 cm³/mol. The number of ether oxygens (including phenoxy) is 1. The first-order valence-corrected chi connectivity index (χ1v) is 11.8. The second-order valence-corrected chi connectivity index (χ2v) is 7.94. The molecule has 0 aliphatic carbocycles. The Hall–Kier alpha value is -0.830. The Labute approximate surface area is 169 Å². The van der Waals surface area contributed by atoms with E-state index in [-0.39, 0.29) is 12.6 Å². The van der Waals surface area contributed by atoms with Crippen LogP contribution >= 0.6 is 0 Å². The third kappa shape index (κ3) is 19.7. The lowest BCUT2D eigenvalue weighted by Gasteiger charge is -2.06. The first kappa shape index (κ1) is 26.2. The topological polar surface area (TPSA) is 52.3 Å². The molecule has 160 valence electrons. The molecule has 0 aliphatic rings. The molecule has 0 aromatic rings. The summed E-state index contributed by atoms with van der Waals surface area (Å²) in [6, 6.07) is 0. The van der Waals surface area contributed by atoms with Crippen LogP contribution in [0.3, 0.4) is 0 Å². The van der Waals surface area contributed by atoms with Gasteiger partial charge in [0.1, 0.15) is 6.61 Å². The predicted octanol–water partition coefficient (Wildman–Crippen LogP) is 7.09. The van der Waals surface area contributed by atoms with Crippen LogP contribution in [0.4, 0.5) is 0 Å². The summed E-state index contributed by atoms with van der Waals surface area (Å²) in [6.45, 7) is 6.75. The molecular weight excluding hydrogens is 334 g/mol. The van der Waals surface area contributed by atoms with E-state index in [1.54, 1.807) is 0 Å². The molecule has 0 amide bonds. The van der Waals surface area contributed by atoms with Gasteiger partial charge < -0.3 is 10.5 Å². The molecular formula is C24H47NO2. The molecule has 0 bridgehead atoms. The van der Waals surface area contributed by atoms with E-state index in [1.165, 1.54) is 103 Å². The van der Waals surface area contributed by atoms with Gasteiger partial charge in [-0.25, -0.2) is 4.79 Å². The maximum Gasteiger partial charge on any atom is 0.333 e. The van der Waals surface area contributed by atoms with Gasteiger partial charge in [0.2, 0.25) is 0 Å². The standard InChI is InChI=1S/C24H47NO2/c1-3-4-5-6-7-8-9-10-11-12-13-14-15-16-17-18-19-20-23(2)24(26)27-22-21-25/h2-22,25H2,1H3. The number of hydrogen-bond donors (Lipinski definition) is 1. The molecule has 0 aromatic heterocycles. The van der Waals surface area contributed by atoms with E-state index >= 15 is 0 Å². The number of unbranched alkanes of at least 4 members (excludes halogenated alkanes) is 16. The second kappa shape index (κ2) is 21.5. The molecule has 0 unspecified atom stereocenters. The van der Waals surface area contributed by atoms with Crippen molar-refractivity contribution in [1.29, 1.82) is 0 Å². The van der Waals surface area contributed by atoms with Crippen LogP contribution in [0.15, 0.2) is 12.2 Å². The van der Waals surface area contributed by atoms with Crippen LogP contribution in [0.2, 0.25) is 0 Å². The molecule has 0 spiro atoms. The van der Waals surface area contributed by atoms with Gasteiger partial charge in [0.15, 0.2) is 0 Å². The van der Waals surface area contributed by atoms with Gasteiger partial charge in [0.05, 0.1) is 0 Å². The van der Waals surface area contributed by atoms with Crippen LogP contribution in [0, 0.1) is 0 Å². The van der Waals surface area contributed by atoms with E-state index in [9.17, 15) is 4.79 Å². The lowest BCUT2D eigenvalue weighted by molar-refractivity contribution is -0.138. The number of nitrogens with two attached hydrogens (primary N) is 1. The van der Waals surface area contributed by atoms with Gasteiger partial charge in [-0.2, -0.15) is 0 Å². The molecule has 27 heavy (non-hydrogen) atoms. The SMILES string of the molecule is C=C(CCCCCCCCCCCCCCCCCCC)C(=O)OCCN. The van der Waals surface area contributed by atoms with E-state index in [0.717, 1.165) is 12.8 Å². The average molecular weight is 382 g/mol. The molecule has 3 heteroatoms. The zero-order chi connectivity index (χ0) is 20.0. The average Bonchev–Trinajstić information content (AvgIpc) is 2.68. The summed E-state index contributed by atoms with van der Waals surface area (Å²) < 4.78 is 4.97. The fourth-order valence-electron chi connectivity index (χ4n) is 3.42. The monoisotopic (exact) mass is 381 g/mol. The Morgan fingerprint density at radius 2 is 1.07 bits per heavy atom. The summed E-state index contributed by atoms with van der Waals surface area (Å²) in [5, 5.41) is 0. The number of carbonyl (C=O) groups excluding carboxylic acids is 1. The number of esters is 1. The van der Waals surface area contributed by atoms with Crippen LogP contribution in [0.1, 0.15) is 122 Å². The Balaban J connectivity index is 3.16. The van der Waals surface area contributed by atoms with Gasteiger partial charge >= 0.3 is 5.97 Å². The highest BCUT2D eigenvalue weighted by atomic mass is 16.5. The van der Waals surface area contributed by atoms with Crippen molar-refractivity contribution in [3.63, 3.8) is 0 Å². The molecule has 0 fully saturated rings. The third-order valence-electron chi connectivity index (χ3n) is 5.22. The van der Waals surface area contributed by atoms with Crippen molar-refractivity contribution in [1.82, 2.24) is 0 Å². The summed E-state index contributed by atoms with van der Waals surface area (Å²) in [5.41, 5.74) is 5.90. The molecule has 0 aliphatic heterocycles. The van der Waals surface area contributed by atoms with Gasteiger partial charge in [-0.05, 0) is 12.8 Å². The smallest absolute Gasteiger partial charge is 0.333 e. The molecule has 2 N–H and O–H groups in total. The van der Waals surface area contributed by atoms with Crippen LogP contribution in [-0.2, 0) is 9.53 Å². The molecule has 0 heterocycles. The van der Waals surface area contributed by atoms with Crippen molar-refractivity contribution in [3.8, 4) is 0 Å². The van der Waals surface area contributed by atoms with Crippen molar-refractivity contribution in [2.45, 2.75) is 122 Å². The first-order chi connectivity index (χ1) is 13.2. The van der Waals surface area contributed by atoms with Gasteiger partial charge in [0, 0.05) is 12.1 Å². The lowest BCUT2D eigenvalue weighted by atomic mass is 10.0. The Bertz CT molecular complexity index is 341. The van der Waals surface area contributed by atoms with Gasteiger partial charge in [-0.3, -0.25) is 0 Å². The minimum Gasteiger partial charge on any atom is -0.461 e. The van der Waals surface area contributed by atoms with Crippen LogP contribution in [0.25, 0.3) is 0 Å². The highest BCUT2D eigenvalue weighted by Crippen LogP contribution is 2.15. The van der Waals surface area contributed by atoms with E-state index in [2.05, 4.69) is 13.5 Å². The maximum atomic E-state index is 11.5. The fraction of sp³-hybridized carbons (Fsp3) is 0.875. The molecule has 0 rings (SSSR count). The summed E-state index contributed by atoms with van der Waals surface area (Å²) in [4.78, 5) is 11.5. The molecule has 0 aromatic carbocycles. The maximum absolute atomic E-state index is 11.5. The molecule has 0 radical (unpaired) electrons. The largest absolute Gasteiger partial charge is 0.461 e. The van der Waals surface area contributed by atoms with Gasteiger partial charge in [-0.15, -0.1) is 0 Å². The second-order valence-electron chi connectivity index (χ2n) is 7.94. The molecule has 0 atom stereocenters. The van der Waals surface area contributed by atoms with Crippen molar-refractivity contribution >= 4 is 5.97 Å². The van der Waals surface area contributed by atoms with Crippen LogP contribution < -0.4 is 5.73 Å². The third-order valence-corrected chi connectivity index (χ3v) is 5.22. The molecule has 0 saturated heterocycles. The summed E-state index contributed by atoms with van der Waals surface area (Å²) >= 11 is 0. The highest BCUT2D eigenvalue weighted by Gasteiger charge is 2.07. The number of hydrogen-bond acceptors (Lipinski definition) is 3. The lowest BCUT2D eigenvalue weighted by Crippen LogP contribution is -2.14. The van der Waals surface area contributed by atoms with E-state index in [1.807, 2.05) is 0 Å². The van der Waals surface area contributed by atoms with Crippen molar-refractivity contribution in [2.75, 3.05) is 13.2 Å². The normalized spacial score (nSPS) is 10.9. The Morgan fingerprint density at radius 3 is 1.44 bits per heavy atom. The molecule has 3 nitrogen and oxygen atoms in total.